The number of rotatable bonds is 7. The third-order valence-electron chi connectivity index (χ3n) is 14.0. The second-order valence-electron chi connectivity index (χ2n) is 22.2. The molecule has 10 nitrogen and oxygen atoms in total. The fourth-order valence-electron chi connectivity index (χ4n) is 9.50. The van der Waals surface area contributed by atoms with E-state index in [9.17, 15) is 0 Å². The Morgan fingerprint density at radius 2 is 0.951 bits per heavy atom. The highest BCUT2D eigenvalue weighted by Crippen LogP contribution is 2.31. The first-order valence-corrected chi connectivity index (χ1v) is 32.8. The van der Waals surface area contributed by atoms with Gasteiger partial charge in [0.05, 0.1) is 40.0 Å². The molecule has 15 heteroatoms. The summed E-state index contributed by atoms with van der Waals surface area (Å²) in [6, 6.07) is 21.0. The Hall–Kier alpha value is -6.75. The lowest BCUT2D eigenvalue weighted by molar-refractivity contribution is 0.811. The third-order valence-corrected chi connectivity index (χ3v) is 18.3. The van der Waals surface area contributed by atoms with Crippen LogP contribution in [-0.4, -0.2) is 48.5 Å². The van der Waals surface area contributed by atoms with Crippen LogP contribution in [0.5, 0.6) is 0 Å². The molecule has 0 saturated carbocycles. The van der Waals surface area contributed by atoms with Crippen LogP contribution in [0.2, 0.25) is 0 Å². The lowest BCUT2D eigenvalue weighted by atomic mass is 9.98. The Balaban J connectivity index is 0.000000125. The summed E-state index contributed by atoms with van der Waals surface area (Å²) in [6.45, 7) is 30.9. The first kappa shape index (κ1) is 61.3. The van der Waals surface area contributed by atoms with Crippen molar-refractivity contribution in [2.45, 2.75) is 145 Å². The minimum Gasteiger partial charge on any atom is -0.294 e. The van der Waals surface area contributed by atoms with Gasteiger partial charge in [0.25, 0.3) is 0 Å². The van der Waals surface area contributed by atoms with Crippen LogP contribution in [0.25, 0.3) is 52.0 Å². The number of hydrogen-bond donors (Lipinski definition) is 0. The summed E-state index contributed by atoms with van der Waals surface area (Å²) >= 11 is 8.66. The van der Waals surface area contributed by atoms with E-state index in [2.05, 4.69) is 236 Å². The van der Waals surface area contributed by atoms with E-state index < -0.39 is 0 Å². The molecular weight excluding hydrogens is 1110 g/mol. The molecule has 0 fully saturated rings. The fourth-order valence-corrected chi connectivity index (χ4v) is 13.9. The van der Waals surface area contributed by atoms with Crippen molar-refractivity contribution in [3.05, 3.63) is 206 Å². The molecule has 14 rings (SSSR count). The van der Waals surface area contributed by atoms with Gasteiger partial charge in [0.1, 0.15) is 14.5 Å². The highest BCUT2D eigenvalue weighted by atomic mass is 32.1. The Bertz CT molecular complexity index is 3820. The van der Waals surface area contributed by atoms with E-state index in [1.807, 2.05) is 70.9 Å². The fraction of sp³-hybridized carbons (Fsp3) is 0.328. The largest absolute Gasteiger partial charge is 0.294 e. The lowest BCUT2D eigenvalue weighted by Crippen LogP contribution is -1.95. The number of para-hydroxylation sites is 1. The standard InChI is InChI=1S/C12H13N.C11H13N.2C10H11NS.3C8H10N2S/c1-9(2)10-7-8-13-12-6-4-3-5-11(10)12;1-8(2)9-6-7-12-11-5-3-4-10(9)11;1-7(2)8-3-5-11-9-4-6-12-10(8)9;1-7(2)8-3-5-11-10-9(8)4-6-12-10;1-6(2)7-5-9-8-10(7)3-4-11-8;2*1-6(2)7-5-9-10-3-4-11-8(7)10/h3-9H,1-2H3;3-4,6-8H,5H2,1-2H3;2*3-7H,1-2H3;3*3-6H,1-2H3. The van der Waals surface area contributed by atoms with Crippen molar-refractivity contribution < 1.29 is 0 Å². The van der Waals surface area contributed by atoms with Gasteiger partial charge in [-0.1, -0.05) is 127 Å². The van der Waals surface area contributed by atoms with Gasteiger partial charge in [0.2, 0.25) is 0 Å². The van der Waals surface area contributed by atoms with Gasteiger partial charge >= 0.3 is 0 Å². The van der Waals surface area contributed by atoms with Gasteiger partial charge in [-0.2, -0.15) is 10.2 Å². The molecule has 426 valence electrons. The second-order valence-corrected chi connectivity index (χ2v) is 26.7. The molecule has 0 N–H and O–H groups in total. The number of hydrogen-bond acceptors (Lipinski definition) is 12. The number of thiazole rings is 3. The van der Waals surface area contributed by atoms with E-state index in [4.69, 9.17) is 0 Å². The Morgan fingerprint density at radius 3 is 1.57 bits per heavy atom. The highest BCUT2D eigenvalue weighted by molar-refractivity contribution is 7.17. The first-order valence-electron chi connectivity index (χ1n) is 28.4. The molecule has 0 radical (unpaired) electrons. The Morgan fingerprint density at radius 1 is 0.415 bits per heavy atom. The van der Waals surface area contributed by atoms with Crippen molar-refractivity contribution in [3.63, 3.8) is 0 Å². The van der Waals surface area contributed by atoms with Crippen LogP contribution >= 0.6 is 56.7 Å². The molecule has 12 aromatic heterocycles. The van der Waals surface area contributed by atoms with Gasteiger partial charge < -0.3 is 0 Å². The smallest absolute Gasteiger partial charge is 0.193 e. The summed E-state index contributed by atoms with van der Waals surface area (Å²) in [5, 5.41) is 21.4. The lowest BCUT2D eigenvalue weighted by Gasteiger charge is -2.09. The molecule has 0 amide bonds. The number of benzene rings is 1. The highest BCUT2D eigenvalue weighted by Gasteiger charge is 2.14. The molecule has 0 spiro atoms. The zero-order valence-corrected chi connectivity index (χ0v) is 53.9. The van der Waals surface area contributed by atoms with Gasteiger partial charge in [0, 0.05) is 93.5 Å². The number of aromatic nitrogens is 10. The third kappa shape index (κ3) is 15.1. The maximum Gasteiger partial charge on any atom is 0.193 e. The average Bonchev–Trinajstić information content (AvgIpc) is 4.45. The molecule has 1 aliphatic carbocycles. The van der Waals surface area contributed by atoms with Crippen molar-refractivity contribution in [1.29, 1.82) is 0 Å². The maximum atomic E-state index is 4.34. The number of pyridine rings is 4. The first-order chi connectivity index (χ1) is 39.5. The molecule has 0 saturated heterocycles. The molecule has 82 heavy (non-hydrogen) atoms. The van der Waals surface area contributed by atoms with Gasteiger partial charge in [-0.3, -0.25) is 19.4 Å². The molecule has 13 aromatic rings. The summed E-state index contributed by atoms with van der Waals surface area (Å²) in [7, 11) is 0. The van der Waals surface area contributed by atoms with Crippen molar-refractivity contribution in [2.24, 2.45) is 0 Å². The van der Waals surface area contributed by atoms with Crippen molar-refractivity contribution in [3.8, 4) is 0 Å². The van der Waals surface area contributed by atoms with E-state index in [-0.39, 0.29) is 0 Å². The van der Waals surface area contributed by atoms with E-state index in [1.54, 1.807) is 56.7 Å². The van der Waals surface area contributed by atoms with E-state index >= 15 is 0 Å². The monoisotopic (exact) mass is 1180 g/mol. The van der Waals surface area contributed by atoms with Gasteiger partial charge in [-0.05, 0) is 122 Å². The number of fused-ring (bicyclic) bond motifs is 7. The van der Waals surface area contributed by atoms with Crippen LogP contribution in [0.4, 0.5) is 0 Å². The van der Waals surface area contributed by atoms with Crippen LogP contribution in [0.3, 0.4) is 0 Å². The quantitative estimate of drug-likeness (QED) is 0.157. The zero-order valence-electron chi connectivity index (χ0n) is 49.9. The van der Waals surface area contributed by atoms with Crippen molar-refractivity contribution in [2.75, 3.05) is 0 Å². The number of imidazole rings is 1. The molecule has 1 aromatic carbocycles. The van der Waals surface area contributed by atoms with Crippen LogP contribution in [0.15, 0.2) is 156 Å². The summed E-state index contributed by atoms with van der Waals surface area (Å²) in [5.41, 5.74) is 14.4. The summed E-state index contributed by atoms with van der Waals surface area (Å²) < 4.78 is 7.35. The zero-order chi connectivity index (χ0) is 58.5. The molecule has 0 unspecified atom stereocenters. The Kier molecular flexibility index (Phi) is 21.7. The minimum atomic E-state index is 0.555. The number of thiophene rings is 2. The van der Waals surface area contributed by atoms with E-state index in [1.165, 1.54) is 75.5 Å². The van der Waals surface area contributed by atoms with Crippen LogP contribution in [-0.2, 0) is 6.42 Å². The number of nitrogens with zero attached hydrogens (tertiary/aromatic N) is 10. The van der Waals surface area contributed by atoms with Crippen molar-refractivity contribution in [1.82, 2.24) is 48.5 Å². The molecule has 0 aliphatic heterocycles. The van der Waals surface area contributed by atoms with Crippen LogP contribution in [0, 0.1) is 0 Å². The topological polar surface area (TPSA) is 103 Å². The van der Waals surface area contributed by atoms with Gasteiger partial charge in [0.15, 0.2) is 4.96 Å². The van der Waals surface area contributed by atoms with Gasteiger partial charge in [-0.15, -0.1) is 56.7 Å². The minimum absolute atomic E-state index is 0.555. The Labute approximate surface area is 504 Å². The molecular formula is C67H78N10S5. The normalized spacial score (nSPS) is 11.7. The molecule has 0 atom stereocenters. The summed E-state index contributed by atoms with van der Waals surface area (Å²) in [5.74, 6) is 4.05. The van der Waals surface area contributed by atoms with E-state index in [0.29, 0.717) is 41.4 Å². The van der Waals surface area contributed by atoms with Crippen LogP contribution in [0.1, 0.15) is 189 Å². The summed E-state index contributed by atoms with van der Waals surface area (Å²) in [4.78, 5) is 26.3. The predicted octanol–water partition coefficient (Wildman–Crippen LogP) is 20.5. The number of allylic oxidation sites excluding steroid dienone is 1. The molecule has 12 heterocycles. The SMILES string of the molecule is CC(C)c1ccnc2c1C=CC2.CC(C)c1ccnc2ccccc12.CC(C)c1ccnc2ccsc12.CC(C)c1ccnc2sccc12.CC(C)c1cnc2sccn12.CC(C)c1cnn2ccsc12.CC(C)c1cnn2ccsc12. The predicted molar refractivity (Wildman–Crippen MR) is 356 cm³/mol. The molecule has 0 bridgehead atoms. The average molecular weight is 1180 g/mol. The van der Waals surface area contributed by atoms with E-state index in [0.717, 1.165) is 27.2 Å². The van der Waals surface area contributed by atoms with Crippen molar-refractivity contribution >= 4 is 109 Å². The molecule has 1 aliphatic rings. The maximum absolute atomic E-state index is 4.34. The van der Waals surface area contributed by atoms with Crippen LogP contribution < -0.4 is 0 Å². The van der Waals surface area contributed by atoms with Gasteiger partial charge in [-0.25, -0.2) is 19.0 Å². The summed E-state index contributed by atoms with van der Waals surface area (Å²) in [6.07, 6.45) is 24.9. The second kappa shape index (κ2) is 29.0.